The number of piperidine rings is 1. The fourth-order valence-electron chi connectivity index (χ4n) is 2.27. The number of thiophene rings is 1. The summed E-state index contributed by atoms with van der Waals surface area (Å²) >= 11 is 3.80. The molecule has 104 valence electrons. The van der Waals surface area contributed by atoms with Gasteiger partial charge in [-0.2, -0.15) is 0 Å². The summed E-state index contributed by atoms with van der Waals surface area (Å²) in [6.45, 7) is 3.94. The highest BCUT2D eigenvalue weighted by atomic mass is 127. The van der Waals surface area contributed by atoms with Gasteiger partial charge < -0.3 is 10.2 Å². The molecule has 1 aliphatic heterocycles. The Bertz CT molecular complexity index is 467. The van der Waals surface area contributed by atoms with E-state index >= 15 is 0 Å². The second-order valence-electron chi connectivity index (χ2n) is 4.60. The standard InChI is InChI=1S/C13H17IN2O2S/c1-2-15-12(17)9-3-5-16(6-4-9)13(18)10-7-11(14)19-8-10/h7-9H,2-6H2,1H3,(H,15,17). The number of hydrogen-bond donors (Lipinski definition) is 1. The first kappa shape index (κ1) is 14.8. The normalized spacial score (nSPS) is 16.4. The molecule has 2 amide bonds. The number of amides is 2. The van der Waals surface area contributed by atoms with E-state index in [-0.39, 0.29) is 17.7 Å². The van der Waals surface area contributed by atoms with E-state index in [1.807, 2.05) is 23.3 Å². The van der Waals surface area contributed by atoms with Gasteiger partial charge in [0.15, 0.2) is 0 Å². The minimum absolute atomic E-state index is 0.0617. The van der Waals surface area contributed by atoms with E-state index in [2.05, 4.69) is 27.9 Å². The van der Waals surface area contributed by atoms with Gasteiger partial charge in [-0.15, -0.1) is 11.3 Å². The van der Waals surface area contributed by atoms with Crippen molar-refractivity contribution in [2.45, 2.75) is 19.8 Å². The Morgan fingerprint density at radius 3 is 2.68 bits per heavy atom. The van der Waals surface area contributed by atoms with Gasteiger partial charge in [0.05, 0.1) is 8.45 Å². The summed E-state index contributed by atoms with van der Waals surface area (Å²) in [6.07, 6.45) is 1.53. The molecule has 0 spiro atoms. The number of nitrogens with one attached hydrogen (secondary N) is 1. The highest BCUT2D eigenvalue weighted by molar-refractivity contribution is 14.1. The van der Waals surface area contributed by atoms with Gasteiger partial charge in [0.2, 0.25) is 5.91 Å². The van der Waals surface area contributed by atoms with Crippen LogP contribution in [0.1, 0.15) is 30.1 Å². The van der Waals surface area contributed by atoms with Crippen LogP contribution in [0.2, 0.25) is 0 Å². The minimum Gasteiger partial charge on any atom is -0.356 e. The third-order valence-corrected chi connectivity index (χ3v) is 5.11. The van der Waals surface area contributed by atoms with E-state index in [0.29, 0.717) is 19.6 Å². The van der Waals surface area contributed by atoms with Crippen LogP contribution in [-0.2, 0) is 4.79 Å². The zero-order chi connectivity index (χ0) is 13.8. The molecule has 1 saturated heterocycles. The summed E-state index contributed by atoms with van der Waals surface area (Å²) in [7, 11) is 0. The van der Waals surface area contributed by atoms with Gasteiger partial charge in [0.25, 0.3) is 5.91 Å². The van der Waals surface area contributed by atoms with Crippen LogP contribution in [-0.4, -0.2) is 36.3 Å². The molecule has 1 N–H and O–H groups in total. The third kappa shape index (κ3) is 3.68. The Kier molecular flexibility index (Phi) is 5.20. The van der Waals surface area contributed by atoms with Crippen LogP contribution < -0.4 is 5.32 Å². The van der Waals surface area contributed by atoms with Gasteiger partial charge in [-0.1, -0.05) is 0 Å². The number of carbonyl (C=O) groups excluding carboxylic acids is 2. The molecule has 0 aromatic carbocycles. The molecular formula is C13H17IN2O2S. The van der Waals surface area contributed by atoms with E-state index in [9.17, 15) is 9.59 Å². The Morgan fingerprint density at radius 1 is 1.47 bits per heavy atom. The highest BCUT2D eigenvalue weighted by Gasteiger charge is 2.27. The summed E-state index contributed by atoms with van der Waals surface area (Å²) < 4.78 is 1.12. The summed E-state index contributed by atoms with van der Waals surface area (Å²) in [4.78, 5) is 25.8. The molecule has 2 heterocycles. The lowest BCUT2D eigenvalue weighted by Crippen LogP contribution is -2.42. The quantitative estimate of drug-likeness (QED) is 0.803. The van der Waals surface area contributed by atoms with E-state index in [4.69, 9.17) is 0 Å². The predicted molar refractivity (Wildman–Crippen MR) is 84.3 cm³/mol. The zero-order valence-corrected chi connectivity index (χ0v) is 13.8. The summed E-state index contributed by atoms with van der Waals surface area (Å²) in [6, 6.07) is 1.92. The van der Waals surface area contributed by atoms with E-state index < -0.39 is 0 Å². The molecule has 0 aliphatic carbocycles. The number of likely N-dealkylation sites (tertiary alicyclic amines) is 1. The van der Waals surface area contributed by atoms with Crippen LogP contribution in [0.4, 0.5) is 0 Å². The van der Waals surface area contributed by atoms with Gasteiger partial charge in [-0.3, -0.25) is 9.59 Å². The van der Waals surface area contributed by atoms with Gasteiger partial charge in [0, 0.05) is 30.9 Å². The molecule has 1 aromatic rings. The molecular weight excluding hydrogens is 375 g/mol. The van der Waals surface area contributed by atoms with Crippen LogP contribution in [0.5, 0.6) is 0 Å². The van der Waals surface area contributed by atoms with Crippen molar-refractivity contribution in [1.82, 2.24) is 10.2 Å². The van der Waals surface area contributed by atoms with Crippen LogP contribution >= 0.6 is 33.9 Å². The summed E-state index contributed by atoms with van der Waals surface area (Å²) in [5.74, 6) is 0.278. The predicted octanol–water partition coefficient (Wildman–Crippen LogP) is 2.34. The van der Waals surface area contributed by atoms with Crippen LogP contribution in [0.25, 0.3) is 0 Å². The van der Waals surface area contributed by atoms with Crippen molar-refractivity contribution in [3.8, 4) is 0 Å². The monoisotopic (exact) mass is 392 g/mol. The molecule has 4 nitrogen and oxygen atoms in total. The maximum atomic E-state index is 12.2. The van der Waals surface area contributed by atoms with Gasteiger partial charge in [-0.05, 0) is 48.4 Å². The number of hydrogen-bond acceptors (Lipinski definition) is 3. The fourth-order valence-corrected chi connectivity index (χ4v) is 3.59. The van der Waals surface area contributed by atoms with Gasteiger partial charge >= 0.3 is 0 Å². The van der Waals surface area contributed by atoms with Crippen molar-refractivity contribution in [2.24, 2.45) is 5.92 Å². The largest absolute Gasteiger partial charge is 0.356 e. The van der Waals surface area contributed by atoms with Crippen LogP contribution in [0, 0.1) is 8.80 Å². The third-order valence-electron chi connectivity index (χ3n) is 3.32. The smallest absolute Gasteiger partial charge is 0.254 e. The van der Waals surface area contributed by atoms with E-state index in [1.54, 1.807) is 11.3 Å². The number of halogens is 1. The highest BCUT2D eigenvalue weighted by Crippen LogP contribution is 2.22. The Hall–Kier alpha value is -0.630. The SMILES string of the molecule is CCNC(=O)C1CCN(C(=O)c2csc(I)c2)CC1. The summed E-state index contributed by atoms with van der Waals surface area (Å²) in [5, 5.41) is 4.76. The minimum atomic E-state index is 0.0617. The second-order valence-corrected chi connectivity index (χ2v) is 7.41. The van der Waals surface area contributed by atoms with Crippen molar-refractivity contribution in [3.63, 3.8) is 0 Å². The van der Waals surface area contributed by atoms with Crippen LogP contribution in [0.3, 0.4) is 0 Å². The lowest BCUT2D eigenvalue weighted by atomic mass is 9.95. The molecule has 1 aromatic heterocycles. The topological polar surface area (TPSA) is 49.4 Å². The molecule has 6 heteroatoms. The van der Waals surface area contributed by atoms with Crippen molar-refractivity contribution in [3.05, 3.63) is 19.9 Å². The van der Waals surface area contributed by atoms with Crippen molar-refractivity contribution in [2.75, 3.05) is 19.6 Å². The molecule has 0 unspecified atom stereocenters. The second kappa shape index (κ2) is 6.69. The first-order valence-electron chi connectivity index (χ1n) is 6.42. The molecule has 19 heavy (non-hydrogen) atoms. The molecule has 2 rings (SSSR count). The van der Waals surface area contributed by atoms with Crippen molar-refractivity contribution >= 4 is 45.7 Å². The van der Waals surface area contributed by atoms with Crippen molar-refractivity contribution in [1.29, 1.82) is 0 Å². The molecule has 0 bridgehead atoms. The Morgan fingerprint density at radius 2 is 2.16 bits per heavy atom. The summed E-state index contributed by atoms with van der Waals surface area (Å²) in [5.41, 5.74) is 0.769. The molecule has 0 saturated carbocycles. The number of carbonyl (C=O) groups is 2. The number of rotatable bonds is 3. The van der Waals surface area contributed by atoms with Crippen molar-refractivity contribution < 1.29 is 9.59 Å². The molecule has 0 radical (unpaired) electrons. The van der Waals surface area contributed by atoms with Gasteiger partial charge in [0.1, 0.15) is 0 Å². The zero-order valence-electron chi connectivity index (χ0n) is 10.8. The maximum Gasteiger partial charge on any atom is 0.254 e. The Balaban J connectivity index is 1.89. The molecule has 1 fully saturated rings. The first-order valence-corrected chi connectivity index (χ1v) is 8.38. The van der Waals surface area contributed by atoms with E-state index in [0.717, 1.165) is 21.3 Å². The molecule has 0 atom stereocenters. The average Bonchev–Trinajstić information content (AvgIpc) is 2.85. The van der Waals surface area contributed by atoms with E-state index in [1.165, 1.54) is 0 Å². The number of nitrogens with zero attached hydrogens (tertiary/aromatic N) is 1. The first-order chi connectivity index (χ1) is 9.11. The fraction of sp³-hybridized carbons (Fsp3) is 0.538. The van der Waals surface area contributed by atoms with Gasteiger partial charge in [-0.25, -0.2) is 0 Å². The lowest BCUT2D eigenvalue weighted by Gasteiger charge is -2.31. The Labute approximate surface area is 130 Å². The average molecular weight is 392 g/mol. The maximum absolute atomic E-state index is 12.2. The lowest BCUT2D eigenvalue weighted by molar-refractivity contribution is -0.126. The molecule has 1 aliphatic rings. The van der Waals surface area contributed by atoms with Crippen LogP contribution in [0.15, 0.2) is 11.4 Å².